The van der Waals surface area contributed by atoms with Gasteiger partial charge < -0.3 is 14.8 Å². The summed E-state index contributed by atoms with van der Waals surface area (Å²) in [6.45, 7) is 9.13. The van der Waals surface area contributed by atoms with E-state index in [1.807, 2.05) is 28.5 Å². The lowest BCUT2D eigenvalue weighted by atomic mass is 9.95. The quantitative estimate of drug-likeness (QED) is 0.392. The van der Waals surface area contributed by atoms with Gasteiger partial charge in [0.1, 0.15) is 10.0 Å². The van der Waals surface area contributed by atoms with Crippen molar-refractivity contribution in [3.05, 3.63) is 56.5 Å². The molecule has 0 atom stereocenters. The average Bonchev–Trinajstić information content (AvgIpc) is 3.69. The van der Waals surface area contributed by atoms with Gasteiger partial charge in [0.15, 0.2) is 0 Å². The molecule has 0 saturated carbocycles. The fraction of sp³-hybridized carbons (Fsp3) is 0.517. The average molecular weight is 582 g/mol. The Morgan fingerprint density at radius 1 is 0.925 bits per heavy atom. The van der Waals surface area contributed by atoms with Gasteiger partial charge in [-0.25, -0.2) is 9.80 Å². The summed E-state index contributed by atoms with van der Waals surface area (Å²) in [5, 5.41) is 10.0. The first-order chi connectivity index (χ1) is 19.5. The second-order valence-corrected chi connectivity index (χ2v) is 13.1. The molecule has 6 rings (SSSR count). The van der Waals surface area contributed by atoms with Crippen molar-refractivity contribution in [1.82, 2.24) is 30.1 Å². The third-order valence-corrected chi connectivity index (χ3v) is 10.8. The van der Waals surface area contributed by atoms with Crippen molar-refractivity contribution in [2.75, 3.05) is 51.6 Å². The van der Waals surface area contributed by atoms with Crippen LogP contribution in [0.15, 0.2) is 24.5 Å². The predicted octanol–water partition coefficient (Wildman–Crippen LogP) is 4.07. The van der Waals surface area contributed by atoms with Gasteiger partial charge in [-0.1, -0.05) is 6.92 Å². The summed E-state index contributed by atoms with van der Waals surface area (Å²) in [6.07, 6.45) is 9.18. The smallest absolute Gasteiger partial charge is 0.320 e. The van der Waals surface area contributed by atoms with E-state index in [0.29, 0.717) is 17.1 Å². The minimum absolute atomic E-state index is 0.110. The van der Waals surface area contributed by atoms with E-state index in [2.05, 4.69) is 56.8 Å². The van der Waals surface area contributed by atoms with Crippen LogP contribution in [-0.4, -0.2) is 77.6 Å². The standard InChI is InChI=1S/C29H39N7O2S2/c1-3-34-13-10-20-22(28(40-24(20)19-34)35-11-6-7-12-35)18-30-29(38)31-27-25(21-8-4-5-9-23(21)39-27)26(37)32-36-16-14-33(2)15-17-36/h6-7,11-12H,3-5,8-10,13-19H2,1-2H3,(H,32,37)(H2,30,31,38). The summed E-state index contributed by atoms with van der Waals surface area (Å²) in [5.41, 5.74) is 7.45. The van der Waals surface area contributed by atoms with Crippen LogP contribution in [0.25, 0.3) is 5.00 Å². The lowest BCUT2D eigenvalue weighted by Gasteiger charge is -2.32. The number of aromatic nitrogens is 1. The first-order valence-electron chi connectivity index (χ1n) is 14.4. The highest BCUT2D eigenvalue weighted by Gasteiger charge is 2.29. The molecule has 0 spiro atoms. The predicted molar refractivity (Wildman–Crippen MR) is 162 cm³/mol. The van der Waals surface area contributed by atoms with Gasteiger partial charge >= 0.3 is 6.03 Å². The number of hydrogen-bond donors (Lipinski definition) is 3. The lowest BCUT2D eigenvalue weighted by molar-refractivity contribution is 0.0662. The number of piperazine rings is 1. The number of likely N-dealkylation sites (N-methyl/N-ethyl adjacent to an activating group) is 2. The number of carbonyl (C=O) groups excluding carboxylic acids is 2. The van der Waals surface area contributed by atoms with Gasteiger partial charge in [0.05, 0.1) is 5.56 Å². The van der Waals surface area contributed by atoms with Crippen molar-refractivity contribution < 1.29 is 9.59 Å². The van der Waals surface area contributed by atoms with Crippen LogP contribution in [0.5, 0.6) is 0 Å². The molecule has 2 aliphatic heterocycles. The molecule has 1 fully saturated rings. The Morgan fingerprint density at radius 2 is 1.70 bits per heavy atom. The number of thiophene rings is 2. The molecule has 40 heavy (non-hydrogen) atoms. The van der Waals surface area contributed by atoms with Crippen LogP contribution in [0.1, 0.15) is 56.6 Å². The minimum atomic E-state index is -0.267. The van der Waals surface area contributed by atoms with Gasteiger partial charge in [-0.3, -0.25) is 20.4 Å². The SMILES string of the molecule is CCN1CCc2c(sc(-n3cccc3)c2CNC(=O)Nc2sc3c(c2C(=O)NN2CCN(C)CC2)CCCC3)C1. The van der Waals surface area contributed by atoms with Crippen LogP contribution in [0.3, 0.4) is 0 Å². The number of hydrazine groups is 1. The Labute approximate surface area is 244 Å². The summed E-state index contributed by atoms with van der Waals surface area (Å²) in [5.74, 6) is -0.110. The molecule has 214 valence electrons. The van der Waals surface area contributed by atoms with Gasteiger partial charge in [-0.2, -0.15) is 0 Å². The van der Waals surface area contributed by atoms with Gasteiger partial charge in [0, 0.05) is 73.5 Å². The molecule has 3 aromatic heterocycles. The zero-order chi connectivity index (χ0) is 27.6. The molecule has 0 bridgehead atoms. The van der Waals surface area contributed by atoms with E-state index in [0.717, 1.165) is 83.5 Å². The maximum absolute atomic E-state index is 13.5. The first-order valence-corrected chi connectivity index (χ1v) is 16.1. The molecular formula is C29H39N7O2S2. The van der Waals surface area contributed by atoms with E-state index in [1.54, 1.807) is 11.3 Å². The maximum Gasteiger partial charge on any atom is 0.320 e. The van der Waals surface area contributed by atoms with Gasteiger partial charge in [-0.15, -0.1) is 22.7 Å². The van der Waals surface area contributed by atoms with Crippen molar-refractivity contribution in [2.45, 2.75) is 52.1 Å². The number of amides is 3. The zero-order valence-corrected chi connectivity index (χ0v) is 25.1. The van der Waals surface area contributed by atoms with Crippen LogP contribution in [0.2, 0.25) is 0 Å². The highest BCUT2D eigenvalue weighted by atomic mass is 32.1. The first kappa shape index (κ1) is 27.5. The minimum Gasteiger partial charge on any atom is -0.334 e. The number of fused-ring (bicyclic) bond motifs is 2. The van der Waals surface area contributed by atoms with Crippen molar-refractivity contribution in [2.24, 2.45) is 0 Å². The van der Waals surface area contributed by atoms with E-state index >= 15 is 0 Å². The van der Waals surface area contributed by atoms with E-state index < -0.39 is 0 Å². The van der Waals surface area contributed by atoms with Crippen LogP contribution in [0.4, 0.5) is 9.80 Å². The molecule has 3 N–H and O–H groups in total. The topological polar surface area (TPSA) is 84.9 Å². The van der Waals surface area contributed by atoms with Gasteiger partial charge in [0.2, 0.25) is 0 Å². The summed E-state index contributed by atoms with van der Waals surface area (Å²) >= 11 is 3.39. The highest BCUT2D eigenvalue weighted by molar-refractivity contribution is 7.17. The number of aryl methyl sites for hydroxylation is 1. The second-order valence-electron chi connectivity index (χ2n) is 11.0. The third kappa shape index (κ3) is 5.71. The molecular weight excluding hydrogens is 543 g/mol. The van der Waals surface area contributed by atoms with Crippen LogP contribution < -0.4 is 16.1 Å². The number of nitrogens with one attached hydrogen (secondary N) is 3. The Morgan fingerprint density at radius 3 is 2.48 bits per heavy atom. The van der Waals surface area contributed by atoms with Crippen molar-refractivity contribution >= 4 is 39.6 Å². The normalized spacial score (nSPS) is 18.2. The molecule has 5 heterocycles. The van der Waals surface area contributed by atoms with E-state index in [1.165, 1.54) is 25.9 Å². The lowest BCUT2D eigenvalue weighted by Crippen LogP contribution is -2.52. The van der Waals surface area contributed by atoms with Crippen LogP contribution in [-0.2, 0) is 32.4 Å². The number of nitrogens with zero attached hydrogens (tertiary/aromatic N) is 4. The largest absolute Gasteiger partial charge is 0.334 e. The molecule has 3 amide bonds. The van der Waals surface area contributed by atoms with Crippen molar-refractivity contribution in [3.8, 4) is 5.00 Å². The molecule has 3 aliphatic rings. The van der Waals surface area contributed by atoms with Crippen molar-refractivity contribution in [1.29, 1.82) is 0 Å². The van der Waals surface area contributed by atoms with E-state index in [9.17, 15) is 9.59 Å². The number of carbonyl (C=O) groups is 2. The maximum atomic E-state index is 13.5. The second kappa shape index (κ2) is 12.0. The Hall–Kier alpha value is -2.70. The number of anilines is 1. The molecule has 11 heteroatoms. The summed E-state index contributed by atoms with van der Waals surface area (Å²) in [7, 11) is 2.10. The Bertz CT molecular complexity index is 1360. The van der Waals surface area contributed by atoms with E-state index in [4.69, 9.17) is 0 Å². The Balaban J connectivity index is 1.19. The Kier molecular flexibility index (Phi) is 8.27. The number of urea groups is 1. The monoisotopic (exact) mass is 581 g/mol. The van der Waals surface area contributed by atoms with Crippen molar-refractivity contribution in [3.63, 3.8) is 0 Å². The number of hydrogen-bond acceptors (Lipinski definition) is 7. The summed E-state index contributed by atoms with van der Waals surface area (Å²) in [4.78, 5) is 34.2. The third-order valence-electron chi connectivity index (χ3n) is 8.32. The van der Waals surface area contributed by atoms with Crippen LogP contribution in [0, 0.1) is 0 Å². The molecule has 1 aliphatic carbocycles. The molecule has 0 unspecified atom stereocenters. The molecule has 1 saturated heterocycles. The summed E-state index contributed by atoms with van der Waals surface area (Å²) in [6, 6.07) is 3.80. The zero-order valence-electron chi connectivity index (χ0n) is 23.4. The fourth-order valence-corrected chi connectivity index (χ4v) is 8.62. The molecule has 9 nitrogen and oxygen atoms in total. The summed E-state index contributed by atoms with van der Waals surface area (Å²) < 4.78 is 2.16. The molecule has 3 aromatic rings. The van der Waals surface area contributed by atoms with Crippen LogP contribution >= 0.6 is 22.7 Å². The molecule has 0 radical (unpaired) electrons. The van der Waals surface area contributed by atoms with Gasteiger partial charge in [-0.05, 0) is 69.0 Å². The molecule has 0 aromatic carbocycles. The number of rotatable bonds is 7. The fourth-order valence-electron chi connectivity index (χ4n) is 5.97. The highest BCUT2D eigenvalue weighted by Crippen LogP contribution is 2.39. The van der Waals surface area contributed by atoms with Gasteiger partial charge in [0.25, 0.3) is 5.91 Å². The van der Waals surface area contributed by atoms with E-state index in [-0.39, 0.29) is 11.9 Å².